The topological polar surface area (TPSA) is 426 Å². The highest BCUT2D eigenvalue weighted by Gasteiger charge is 2.61. The van der Waals surface area contributed by atoms with Gasteiger partial charge in [0.05, 0.1) is 130 Å². The first-order valence-electron chi connectivity index (χ1n) is 42.6. The Labute approximate surface area is 738 Å². The molecule has 0 unspecified atom stereocenters. The fourth-order valence-corrected chi connectivity index (χ4v) is 22.4. The van der Waals surface area contributed by atoms with Crippen LogP contribution in [-0.4, -0.2) is 174 Å². The minimum absolute atomic E-state index is 0.159. The molecule has 126 heavy (non-hydrogen) atoms. The number of fused-ring (bicyclic) bond motifs is 8. The smallest absolute Gasteiger partial charge is 0.140 e. The van der Waals surface area contributed by atoms with E-state index in [2.05, 4.69) is 71.7 Å². The second-order valence-corrected chi connectivity index (χ2v) is 37.5. The third kappa shape index (κ3) is 14.3. The first kappa shape index (κ1) is 82.0. The molecular weight excluding hydrogens is 1730 g/mol. The van der Waals surface area contributed by atoms with Crippen LogP contribution in [0.15, 0.2) is 241 Å². The van der Waals surface area contributed by atoms with Crippen LogP contribution in [0.5, 0.6) is 0 Å². The van der Waals surface area contributed by atoms with Crippen molar-refractivity contribution in [3.63, 3.8) is 0 Å². The quantitative estimate of drug-likeness (QED) is 0.0672. The molecule has 8 aliphatic rings. The molecule has 24 rings (SSSR count). The lowest BCUT2D eigenvalue weighted by atomic mass is 9.80. The van der Waals surface area contributed by atoms with E-state index < -0.39 is 70.5 Å². The maximum Gasteiger partial charge on any atom is 0.140 e. The third-order valence-corrected chi connectivity index (χ3v) is 29.7. The van der Waals surface area contributed by atoms with E-state index in [0.717, 1.165) is 119 Å². The molecule has 4 saturated carbocycles. The largest absolute Gasteiger partial charge is 0.390 e. The van der Waals surface area contributed by atoms with Crippen molar-refractivity contribution in [3.05, 3.63) is 263 Å². The molecule has 4 aliphatic heterocycles. The SMILES string of the molecule is Nc1ccc2ccc([C@@H]3C[C@@]4(CO3)C[C@@H](n3ccc5cccnc53)[C@H](O)[C@@H]4O)cc2n1.Nc1ccc2ccc([C@H]3C[C@@]4(CO3)C[C@@H](n3ccc5cccnc53)[C@H](O)[C@@H]4O)cc2n1.Nc1nc2cc([C@@H]3C[C@@]4(CO3)C[C@@H](n3ccc5cccnc53)[C@H](O)[C@@H]4O)ccc2cc1Br.Nc1nc2cc([C@H]3C[C@@]4(CO3)C[C@@H](n3ccc5cccnc53)[C@H](O)[C@@H]4O)ccc2cc1Br. The van der Waals surface area contributed by atoms with Gasteiger partial charge in [0, 0.05) is 114 Å². The van der Waals surface area contributed by atoms with E-state index in [1.807, 2.05) is 213 Å². The predicted molar refractivity (Wildman–Crippen MR) is 485 cm³/mol. The Morgan fingerprint density at radius 3 is 0.825 bits per heavy atom. The second-order valence-electron chi connectivity index (χ2n) is 35.8. The van der Waals surface area contributed by atoms with Crippen molar-refractivity contribution in [3.8, 4) is 0 Å². The van der Waals surface area contributed by atoms with Crippen LogP contribution in [0.3, 0.4) is 0 Å². The van der Waals surface area contributed by atoms with E-state index in [-0.39, 0.29) is 48.6 Å². The number of nitrogens with two attached hydrogens (primary N) is 4. The summed E-state index contributed by atoms with van der Waals surface area (Å²) in [6.07, 6.45) is 12.2. The van der Waals surface area contributed by atoms with E-state index in [1.54, 1.807) is 36.9 Å². The summed E-state index contributed by atoms with van der Waals surface area (Å²) in [6, 6.07) is 58.2. The lowest BCUT2D eigenvalue weighted by Gasteiger charge is -2.26. The Hall–Kier alpha value is -11.0. The summed E-state index contributed by atoms with van der Waals surface area (Å²) in [5, 5.41) is 96.3. The molecule has 16 aromatic rings. The zero-order valence-electron chi connectivity index (χ0n) is 68.3. The van der Waals surface area contributed by atoms with Crippen molar-refractivity contribution in [2.45, 2.75) is 149 Å². The van der Waals surface area contributed by atoms with Gasteiger partial charge >= 0.3 is 0 Å². The van der Waals surface area contributed by atoms with Crippen LogP contribution in [-0.2, 0) is 18.9 Å². The molecule has 20 atom stereocenters. The Bertz CT molecular complexity index is 6480. The first-order chi connectivity index (χ1) is 61.0. The number of aliphatic hydroxyl groups is 8. The van der Waals surface area contributed by atoms with Crippen molar-refractivity contribution < 1.29 is 59.8 Å². The zero-order valence-corrected chi connectivity index (χ0v) is 71.5. The molecule has 0 amide bonds. The third-order valence-electron chi connectivity index (χ3n) is 28.4. The van der Waals surface area contributed by atoms with Crippen molar-refractivity contribution in [1.82, 2.24) is 58.1 Å². The van der Waals surface area contributed by atoms with Crippen LogP contribution in [0.1, 0.15) is 122 Å². The highest BCUT2D eigenvalue weighted by atomic mass is 79.9. The maximum atomic E-state index is 11.1. The molecule has 4 aliphatic carbocycles. The van der Waals surface area contributed by atoms with Gasteiger partial charge in [-0.3, -0.25) is 0 Å². The van der Waals surface area contributed by atoms with Gasteiger partial charge < -0.3 is 101 Å². The Morgan fingerprint density at radius 2 is 0.548 bits per heavy atom. The number of nitrogen functional groups attached to an aromatic ring is 4. The zero-order chi connectivity index (χ0) is 86.4. The second kappa shape index (κ2) is 32.1. The van der Waals surface area contributed by atoms with Crippen LogP contribution in [0, 0.1) is 21.7 Å². The highest BCUT2D eigenvalue weighted by molar-refractivity contribution is 9.11. The number of anilines is 4. The van der Waals surface area contributed by atoms with Crippen molar-refractivity contribution >= 4 is 143 Å². The van der Waals surface area contributed by atoms with Crippen LogP contribution in [0.4, 0.5) is 23.3 Å². The Kier molecular flexibility index (Phi) is 20.9. The molecule has 644 valence electrons. The molecule has 4 saturated heterocycles. The minimum atomic E-state index is -0.884. The number of pyridine rings is 8. The fourth-order valence-electron chi connectivity index (χ4n) is 21.7. The van der Waals surface area contributed by atoms with Crippen molar-refractivity contribution in [2.75, 3.05) is 49.4 Å². The Morgan fingerprint density at radius 1 is 0.294 bits per heavy atom. The van der Waals surface area contributed by atoms with Gasteiger partial charge in [0.2, 0.25) is 0 Å². The van der Waals surface area contributed by atoms with Gasteiger partial charge in [-0.2, -0.15) is 0 Å². The number of hydrogen-bond donors (Lipinski definition) is 12. The molecular formula is C96H94Br2N16O12. The molecule has 16 heterocycles. The lowest BCUT2D eigenvalue weighted by Crippen LogP contribution is -2.37. The number of nitrogens with zero attached hydrogens (tertiary/aromatic N) is 12. The summed E-state index contributed by atoms with van der Waals surface area (Å²) in [5.74, 6) is 1.86. The summed E-state index contributed by atoms with van der Waals surface area (Å²) in [7, 11) is 0. The van der Waals surface area contributed by atoms with Gasteiger partial charge in [0.1, 0.15) is 70.3 Å². The number of ether oxygens (including phenoxy) is 4. The van der Waals surface area contributed by atoms with Crippen molar-refractivity contribution in [2.24, 2.45) is 21.7 Å². The van der Waals surface area contributed by atoms with E-state index in [9.17, 15) is 40.9 Å². The fraction of sp³-hybridized carbons (Fsp3) is 0.333. The molecule has 0 radical (unpaired) electrons. The molecule has 16 N–H and O–H groups in total. The molecule has 12 aromatic heterocycles. The van der Waals surface area contributed by atoms with Crippen molar-refractivity contribution in [1.29, 1.82) is 0 Å². The number of benzene rings is 4. The van der Waals surface area contributed by atoms with E-state index in [1.165, 1.54) is 0 Å². The Balaban J connectivity index is 0.000000103. The van der Waals surface area contributed by atoms with Gasteiger partial charge in [-0.05, 0) is 239 Å². The summed E-state index contributed by atoms with van der Waals surface area (Å²) in [6.45, 7) is 1.60. The average Bonchev–Trinajstić information content (AvgIpc) is 1.59. The molecule has 4 aromatic carbocycles. The van der Waals surface area contributed by atoms with Gasteiger partial charge in [-0.1, -0.05) is 48.5 Å². The van der Waals surface area contributed by atoms with Gasteiger partial charge in [-0.25, -0.2) is 39.9 Å². The average molecular weight is 1820 g/mol. The van der Waals surface area contributed by atoms with Crippen LogP contribution < -0.4 is 22.9 Å². The normalized spacial score (nSPS) is 30.4. The molecule has 30 heteroatoms. The number of aromatic nitrogens is 12. The molecule has 4 spiro atoms. The molecule has 0 bridgehead atoms. The predicted octanol–water partition coefficient (Wildman–Crippen LogP) is 13.5. The standard InChI is InChI=1S/2C24H23BrN4O3.2C24H24N4O3/c2*25-16-8-14-3-4-15(9-17(14)28-22(16)26)19-11-24(12-32-19)10-18(20(30)21(24)31)29-7-5-13-2-1-6-27-23(13)29;2*25-20-6-5-14-3-4-16(10-17(14)27-20)19-12-24(13-31-19)11-18(21(29)22(24)30)28-9-7-15-2-1-8-26-23(15)28/h2*1-9,18-21,30-31H,10-12H2,(H2,26,28);2*1-10,18-19,21-22,29-30H,11-13H2,(H2,25,27)/t18-,19+,20+,21+,24-;18-,19-,20+,21+,24-;18-,19+,21+,22+,24-;18-,19-,21+,22+,24-/m1111/s1. The number of hydrogen-bond acceptors (Lipinski definition) is 24. The lowest BCUT2D eigenvalue weighted by molar-refractivity contribution is -0.0309. The van der Waals surface area contributed by atoms with Gasteiger partial charge in [-0.15, -0.1) is 0 Å². The summed E-state index contributed by atoms with van der Waals surface area (Å²) in [4.78, 5) is 35.7. The van der Waals surface area contributed by atoms with Crippen LogP contribution in [0.25, 0.3) is 87.7 Å². The monoisotopic (exact) mass is 1820 g/mol. The molecule has 28 nitrogen and oxygen atoms in total. The van der Waals surface area contributed by atoms with E-state index in [4.69, 9.17) is 41.9 Å². The number of aliphatic hydroxyl groups excluding tert-OH is 8. The van der Waals surface area contributed by atoms with E-state index >= 15 is 0 Å². The van der Waals surface area contributed by atoms with Gasteiger partial charge in [0.15, 0.2) is 0 Å². The first-order valence-corrected chi connectivity index (χ1v) is 44.2. The summed E-state index contributed by atoms with van der Waals surface area (Å²) in [5.41, 5.74) is 32.2. The van der Waals surface area contributed by atoms with E-state index in [0.29, 0.717) is 101 Å². The number of rotatable bonds is 8. The minimum Gasteiger partial charge on any atom is -0.390 e. The van der Waals surface area contributed by atoms with Gasteiger partial charge in [0.25, 0.3) is 0 Å². The summed E-state index contributed by atoms with van der Waals surface area (Å²) >= 11 is 6.84. The van der Waals surface area contributed by atoms with Crippen LogP contribution >= 0.6 is 31.9 Å². The summed E-state index contributed by atoms with van der Waals surface area (Å²) < 4.78 is 34.2. The maximum absolute atomic E-state index is 11.1. The highest BCUT2D eigenvalue weighted by Crippen LogP contribution is 2.60. The van der Waals surface area contributed by atoms with Crippen LogP contribution in [0.2, 0.25) is 0 Å². The molecule has 8 fully saturated rings. The number of halogens is 2.